The van der Waals surface area contributed by atoms with Crippen molar-refractivity contribution in [3.8, 4) is 5.88 Å². The second-order valence-electron chi connectivity index (χ2n) is 4.96. The van der Waals surface area contributed by atoms with E-state index < -0.39 is 0 Å². The van der Waals surface area contributed by atoms with Crippen LogP contribution in [0.15, 0.2) is 41.4 Å². The lowest BCUT2D eigenvalue weighted by molar-refractivity contribution is 0.397. The van der Waals surface area contributed by atoms with Crippen LogP contribution in [0, 0.1) is 5.82 Å². The molecule has 0 bridgehead atoms. The van der Waals surface area contributed by atoms with Crippen LogP contribution in [0.1, 0.15) is 23.6 Å². The van der Waals surface area contributed by atoms with Crippen molar-refractivity contribution < 1.29 is 9.13 Å². The molecule has 0 amide bonds. The minimum Gasteiger partial charge on any atom is -0.481 e. The number of nitrogens with zero attached hydrogens (tertiary/aromatic N) is 1. The third-order valence-corrected chi connectivity index (χ3v) is 4.69. The highest BCUT2D eigenvalue weighted by atomic mass is 32.2. The van der Waals surface area contributed by atoms with E-state index in [0.717, 1.165) is 23.3 Å². The molecule has 1 unspecified atom stereocenters. The third kappa shape index (κ3) is 3.36. The average Bonchev–Trinajstić information content (AvgIpc) is 2.53. The van der Waals surface area contributed by atoms with Crippen molar-refractivity contribution in [3.63, 3.8) is 0 Å². The van der Waals surface area contributed by atoms with Gasteiger partial charge in [-0.3, -0.25) is 0 Å². The Bertz CT molecular complexity index is 618. The first kappa shape index (κ1) is 14.4. The number of fused-ring (bicyclic) bond motifs is 1. The second kappa shape index (κ2) is 6.45. The number of halogens is 1. The largest absolute Gasteiger partial charge is 0.481 e. The van der Waals surface area contributed by atoms with Crippen LogP contribution in [0.5, 0.6) is 5.88 Å². The fourth-order valence-electron chi connectivity index (χ4n) is 2.45. The molecule has 3 nitrogen and oxygen atoms in total. The van der Waals surface area contributed by atoms with Crippen molar-refractivity contribution in [2.75, 3.05) is 12.9 Å². The monoisotopic (exact) mass is 304 g/mol. The van der Waals surface area contributed by atoms with Gasteiger partial charge in [-0.15, -0.1) is 11.8 Å². The van der Waals surface area contributed by atoms with Crippen LogP contribution in [0.2, 0.25) is 0 Å². The normalized spacial score (nSPS) is 17.3. The summed E-state index contributed by atoms with van der Waals surface area (Å²) in [7, 11) is 1.60. The number of nitrogens with one attached hydrogen (secondary N) is 1. The van der Waals surface area contributed by atoms with Crippen LogP contribution in [-0.4, -0.2) is 17.8 Å². The minimum atomic E-state index is -0.172. The van der Waals surface area contributed by atoms with Gasteiger partial charge in [0, 0.05) is 29.7 Å². The van der Waals surface area contributed by atoms with Crippen LogP contribution in [-0.2, 0) is 6.54 Å². The first-order chi connectivity index (χ1) is 10.3. The van der Waals surface area contributed by atoms with Crippen molar-refractivity contribution in [1.29, 1.82) is 0 Å². The molecular formula is C16H17FN2OS. The van der Waals surface area contributed by atoms with Gasteiger partial charge >= 0.3 is 0 Å². The summed E-state index contributed by atoms with van der Waals surface area (Å²) < 4.78 is 18.5. The standard InChI is InChI=1S/C16H17FN2OS/c1-20-16-5-2-11(10-19-16)9-18-14-6-7-21-15-4-3-12(17)8-13(14)15/h2-5,8,10,14,18H,6-7,9H2,1H3. The van der Waals surface area contributed by atoms with Gasteiger partial charge in [0.25, 0.3) is 0 Å². The number of benzene rings is 1. The van der Waals surface area contributed by atoms with Gasteiger partial charge in [-0.05, 0) is 41.5 Å². The van der Waals surface area contributed by atoms with Crippen LogP contribution >= 0.6 is 11.8 Å². The number of thioether (sulfide) groups is 1. The molecule has 0 spiro atoms. The quantitative estimate of drug-likeness (QED) is 0.936. The molecule has 1 aromatic heterocycles. The second-order valence-corrected chi connectivity index (χ2v) is 6.10. The molecule has 0 saturated heterocycles. The molecule has 2 aromatic rings. The molecule has 1 aliphatic heterocycles. The Balaban J connectivity index is 1.70. The molecule has 0 aliphatic carbocycles. The van der Waals surface area contributed by atoms with Crippen molar-refractivity contribution in [2.24, 2.45) is 0 Å². The molecule has 1 atom stereocenters. The summed E-state index contributed by atoms with van der Waals surface area (Å²) in [5, 5.41) is 3.50. The first-order valence-electron chi connectivity index (χ1n) is 6.91. The van der Waals surface area contributed by atoms with Crippen LogP contribution in [0.3, 0.4) is 0 Å². The number of hydrogen-bond donors (Lipinski definition) is 1. The van der Waals surface area contributed by atoms with E-state index in [2.05, 4.69) is 10.3 Å². The van der Waals surface area contributed by atoms with Crippen molar-refractivity contribution in [2.45, 2.75) is 23.9 Å². The zero-order valence-electron chi connectivity index (χ0n) is 11.8. The molecule has 0 fully saturated rings. The Morgan fingerprint density at radius 3 is 3.05 bits per heavy atom. The van der Waals surface area contributed by atoms with Gasteiger partial charge in [0.05, 0.1) is 7.11 Å². The van der Waals surface area contributed by atoms with Gasteiger partial charge in [-0.1, -0.05) is 6.07 Å². The van der Waals surface area contributed by atoms with Gasteiger partial charge in [0.15, 0.2) is 0 Å². The van der Waals surface area contributed by atoms with Gasteiger partial charge < -0.3 is 10.1 Å². The predicted octanol–water partition coefficient (Wildman–Crippen LogP) is 3.56. The number of aromatic nitrogens is 1. The summed E-state index contributed by atoms with van der Waals surface area (Å²) in [6, 6.07) is 9.08. The lowest BCUT2D eigenvalue weighted by Gasteiger charge is -2.26. The van der Waals surface area contributed by atoms with E-state index in [1.165, 1.54) is 11.0 Å². The maximum Gasteiger partial charge on any atom is 0.212 e. The van der Waals surface area contributed by atoms with Crippen molar-refractivity contribution in [1.82, 2.24) is 10.3 Å². The molecule has 21 heavy (non-hydrogen) atoms. The molecular weight excluding hydrogens is 287 g/mol. The van der Waals surface area contributed by atoms with Crippen LogP contribution in [0.25, 0.3) is 0 Å². The maximum atomic E-state index is 13.5. The van der Waals surface area contributed by atoms with Crippen molar-refractivity contribution in [3.05, 3.63) is 53.5 Å². The Morgan fingerprint density at radius 2 is 2.29 bits per heavy atom. The van der Waals surface area contributed by atoms with E-state index in [0.29, 0.717) is 12.4 Å². The fourth-order valence-corrected chi connectivity index (χ4v) is 3.56. The zero-order chi connectivity index (χ0) is 14.7. The molecule has 0 radical (unpaired) electrons. The maximum absolute atomic E-state index is 13.5. The smallest absolute Gasteiger partial charge is 0.212 e. The van der Waals surface area contributed by atoms with Gasteiger partial charge in [-0.2, -0.15) is 0 Å². The lowest BCUT2D eigenvalue weighted by atomic mass is 10.0. The van der Waals surface area contributed by atoms with E-state index in [1.54, 1.807) is 31.1 Å². The van der Waals surface area contributed by atoms with E-state index in [-0.39, 0.29) is 11.9 Å². The van der Waals surface area contributed by atoms with Gasteiger partial charge in [0.1, 0.15) is 5.82 Å². The highest BCUT2D eigenvalue weighted by Gasteiger charge is 2.20. The Labute approximate surface area is 127 Å². The summed E-state index contributed by atoms with van der Waals surface area (Å²) in [6.07, 6.45) is 2.81. The topological polar surface area (TPSA) is 34.1 Å². The number of pyridine rings is 1. The highest BCUT2D eigenvalue weighted by molar-refractivity contribution is 7.99. The molecule has 1 aromatic carbocycles. The molecule has 2 heterocycles. The molecule has 1 aliphatic rings. The number of ether oxygens (including phenoxy) is 1. The number of rotatable bonds is 4. The SMILES string of the molecule is COc1ccc(CNC2CCSc3ccc(F)cc32)cn1. The third-order valence-electron chi connectivity index (χ3n) is 3.57. The van der Waals surface area contributed by atoms with E-state index >= 15 is 0 Å². The number of methoxy groups -OCH3 is 1. The molecule has 3 rings (SSSR count). The molecule has 5 heteroatoms. The Hall–Kier alpha value is -1.59. The number of hydrogen-bond acceptors (Lipinski definition) is 4. The first-order valence-corrected chi connectivity index (χ1v) is 7.89. The summed E-state index contributed by atoms with van der Waals surface area (Å²) in [5.74, 6) is 1.49. The zero-order valence-corrected chi connectivity index (χ0v) is 12.6. The lowest BCUT2D eigenvalue weighted by Crippen LogP contribution is -2.24. The average molecular weight is 304 g/mol. The van der Waals surface area contributed by atoms with Crippen molar-refractivity contribution >= 4 is 11.8 Å². The summed E-state index contributed by atoms with van der Waals surface area (Å²) in [4.78, 5) is 5.37. The Morgan fingerprint density at radius 1 is 1.38 bits per heavy atom. The van der Waals surface area contributed by atoms with Gasteiger partial charge in [-0.25, -0.2) is 9.37 Å². The molecule has 1 N–H and O–H groups in total. The van der Waals surface area contributed by atoms with Crippen LogP contribution in [0.4, 0.5) is 4.39 Å². The molecule has 110 valence electrons. The summed E-state index contributed by atoms with van der Waals surface area (Å²) in [6.45, 7) is 0.711. The van der Waals surface area contributed by atoms with Crippen LogP contribution < -0.4 is 10.1 Å². The van der Waals surface area contributed by atoms with E-state index in [9.17, 15) is 4.39 Å². The Kier molecular flexibility index (Phi) is 4.41. The van der Waals surface area contributed by atoms with E-state index in [1.807, 2.05) is 18.2 Å². The fraction of sp³-hybridized carbons (Fsp3) is 0.312. The van der Waals surface area contributed by atoms with Gasteiger partial charge in [0.2, 0.25) is 5.88 Å². The minimum absolute atomic E-state index is 0.172. The highest BCUT2D eigenvalue weighted by Crippen LogP contribution is 2.36. The summed E-state index contributed by atoms with van der Waals surface area (Å²) >= 11 is 1.79. The predicted molar refractivity (Wildman–Crippen MR) is 82.1 cm³/mol. The summed E-state index contributed by atoms with van der Waals surface area (Å²) in [5.41, 5.74) is 2.15. The molecule has 0 saturated carbocycles. The van der Waals surface area contributed by atoms with E-state index in [4.69, 9.17) is 4.74 Å².